The van der Waals surface area contributed by atoms with Gasteiger partial charge in [0.2, 0.25) is 5.91 Å². The third-order valence-electron chi connectivity index (χ3n) is 10.6. The molecule has 2 unspecified atom stereocenters. The fourth-order valence-corrected chi connectivity index (χ4v) is 6.93. The molecule has 3 N–H and O–H groups in total. The summed E-state index contributed by atoms with van der Waals surface area (Å²) in [6.45, 7) is 4.14. The minimum atomic E-state index is -0.862. The lowest BCUT2D eigenvalue weighted by Crippen LogP contribution is -2.45. The Morgan fingerprint density at radius 2 is 0.789 bits per heavy atom. The fraction of sp³-hybridized carbons (Fsp3) is 0.717. The number of nitrogens with one attached hydrogen (secondary N) is 1. The van der Waals surface area contributed by atoms with Crippen LogP contribution < -0.4 is 5.32 Å². The summed E-state index contributed by atoms with van der Waals surface area (Å²) in [7, 11) is 0. The Hall–Kier alpha value is -2.43. The number of aliphatic hydroxyl groups is 2. The second-order valence-electron chi connectivity index (χ2n) is 16.1. The summed E-state index contributed by atoms with van der Waals surface area (Å²) in [5.41, 5.74) is 0. The fourth-order valence-electron chi connectivity index (χ4n) is 6.93. The molecule has 0 aliphatic heterocycles. The maximum Gasteiger partial charge on any atom is 0.220 e. The highest BCUT2D eigenvalue weighted by Gasteiger charge is 2.17. The van der Waals surface area contributed by atoms with Crippen LogP contribution in [0.4, 0.5) is 0 Å². The Morgan fingerprint density at radius 3 is 1.23 bits per heavy atom. The third kappa shape index (κ3) is 44.5. The van der Waals surface area contributed by atoms with E-state index in [9.17, 15) is 15.0 Å². The highest BCUT2D eigenvalue weighted by atomic mass is 16.3. The molecule has 0 aromatic carbocycles. The van der Waals surface area contributed by atoms with Crippen molar-refractivity contribution in [2.75, 3.05) is 6.61 Å². The van der Waals surface area contributed by atoms with Crippen molar-refractivity contribution in [3.05, 3.63) is 85.1 Å². The zero-order valence-corrected chi connectivity index (χ0v) is 37.6. The first-order valence-electron chi connectivity index (χ1n) is 24.3. The van der Waals surface area contributed by atoms with E-state index in [4.69, 9.17) is 0 Å². The maximum absolute atomic E-state index is 12.4. The van der Waals surface area contributed by atoms with Gasteiger partial charge in [0.1, 0.15) is 0 Å². The molecule has 0 aromatic heterocycles. The van der Waals surface area contributed by atoms with Gasteiger partial charge in [-0.1, -0.05) is 227 Å². The van der Waals surface area contributed by atoms with Crippen molar-refractivity contribution in [2.24, 2.45) is 0 Å². The van der Waals surface area contributed by atoms with E-state index >= 15 is 0 Å². The lowest BCUT2D eigenvalue weighted by molar-refractivity contribution is -0.123. The minimum Gasteiger partial charge on any atom is -0.394 e. The van der Waals surface area contributed by atoms with Gasteiger partial charge in [-0.25, -0.2) is 0 Å². The van der Waals surface area contributed by atoms with Crippen LogP contribution >= 0.6 is 0 Å². The first-order chi connectivity index (χ1) is 28.2. The van der Waals surface area contributed by atoms with Gasteiger partial charge < -0.3 is 15.5 Å². The number of hydrogen-bond donors (Lipinski definition) is 3. The number of allylic oxidation sites excluding steroid dienone is 13. The number of aliphatic hydroxyl groups excluding tert-OH is 2. The van der Waals surface area contributed by atoms with Gasteiger partial charge in [0.25, 0.3) is 0 Å². The van der Waals surface area contributed by atoms with Gasteiger partial charge in [-0.3, -0.25) is 4.79 Å². The quantitative estimate of drug-likeness (QED) is 0.0425. The SMILES string of the molecule is CC/C=C\C/C=C\C/C=C\C/C=C\C/C=C\CCCCCCCCCCCCCCCCCCCCCC(=O)NC(CO)C(O)/C=C/CC/C=C/CCCCCC. The highest BCUT2D eigenvalue weighted by molar-refractivity contribution is 5.76. The van der Waals surface area contributed by atoms with E-state index in [1.165, 1.54) is 141 Å². The van der Waals surface area contributed by atoms with Crippen LogP contribution in [0.1, 0.15) is 226 Å². The van der Waals surface area contributed by atoms with Crippen molar-refractivity contribution in [1.82, 2.24) is 5.32 Å². The molecular weight excluding hydrogens is 699 g/mol. The van der Waals surface area contributed by atoms with Crippen molar-refractivity contribution in [2.45, 2.75) is 238 Å². The average Bonchev–Trinajstić information content (AvgIpc) is 3.22. The second-order valence-corrected chi connectivity index (χ2v) is 16.1. The normalized spacial score (nSPS) is 13.7. The number of carbonyl (C=O) groups excluding carboxylic acids is 1. The van der Waals surface area contributed by atoms with E-state index in [1.54, 1.807) is 6.08 Å². The molecule has 0 rings (SSSR count). The Bertz CT molecular complexity index is 1030. The molecule has 0 saturated heterocycles. The number of rotatable bonds is 43. The number of unbranched alkanes of at least 4 members (excludes halogenated alkanes) is 24. The van der Waals surface area contributed by atoms with Crippen molar-refractivity contribution in [3.8, 4) is 0 Å². The summed E-state index contributed by atoms with van der Waals surface area (Å²) in [5, 5.41) is 22.9. The predicted octanol–water partition coefficient (Wildman–Crippen LogP) is 15.6. The molecule has 4 heteroatoms. The lowest BCUT2D eigenvalue weighted by atomic mass is 10.0. The van der Waals surface area contributed by atoms with Crippen LogP contribution in [-0.2, 0) is 4.79 Å². The molecule has 0 saturated carbocycles. The van der Waals surface area contributed by atoms with E-state index in [1.807, 2.05) is 6.08 Å². The summed E-state index contributed by atoms with van der Waals surface area (Å²) in [4.78, 5) is 12.4. The third-order valence-corrected chi connectivity index (χ3v) is 10.6. The number of carbonyl (C=O) groups is 1. The van der Waals surface area contributed by atoms with E-state index in [-0.39, 0.29) is 12.5 Å². The zero-order chi connectivity index (χ0) is 41.4. The molecule has 4 nitrogen and oxygen atoms in total. The summed E-state index contributed by atoms with van der Waals surface area (Å²) < 4.78 is 0. The van der Waals surface area contributed by atoms with E-state index in [2.05, 4.69) is 92.1 Å². The van der Waals surface area contributed by atoms with E-state index < -0.39 is 12.1 Å². The monoisotopic (exact) mass is 792 g/mol. The molecule has 328 valence electrons. The second kappa shape index (κ2) is 47.9. The van der Waals surface area contributed by atoms with Gasteiger partial charge in [-0.2, -0.15) is 0 Å². The summed E-state index contributed by atoms with van der Waals surface area (Å²) in [5.74, 6) is -0.0769. The van der Waals surface area contributed by atoms with Gasteiger partial charge in [0.05, 0.1) is 18.8 Å². The van der Waals surface area contributed by atoms with Crippen molar-refractivity contribution in [1.29, 1.82) is 0 Å². The largest absolute Gasteiger partial charge is 0.394 e. The van der Waals surface area contributed by atoms with Crippen LogP contribution in [0.25, 0.3) is 0 Å². The Kier molecular flexibility index (Phi) is 45.9. The number of amides is 1. The highest BCUT2D eigenvalue weighted by Crippen LogP contribution is 2.15. The van der Waals surface area contributed by atoms with E-state index in [0.29, 0.717) is 6.42 Å². The van der Waals surface area contributed by atoms with Gasteiger partial charge >= 0.3 is 0 Å². The molecule has 0 aliphatic rings. The maximum atomic E-state index is 12.4. The van der Waals surface area contributed by atoms with Crippen LogP contribution in [0.2, 0.25) is 0 Å². The molecular formula is C53H93NO3. The van der Waals surface area contributed by atoms with Crippen molar-refractivity contribution in [3.63, 3.8) is 0 Å². The molecule has 0 radical (unpaired) electrons. The first-order valence-corrected chi connectivity index (χ1v) is 24.3. The Balaban J connectivity index is 3.46. The molecule has 0 fully saturated rings. The van der Waals surface area contributed by atoms with Gasteiger partial charge in [0, 0.05) is 6.42 Å². The van der Waals surface area contributed by atoms with Crippen LogP contribution in [0.15, 0.2) is 85.1 Å². The van der Waals surface area contributed by atoms with Gasteiger partial charge in [-0.15, -0.1) is 0 Å². The van der Waals surface area contributed by atoms with Crippen molar-refractivity contribution < 1.29 is 15.0 Å². The molecule has 0 aliphatic carbocycles. The number of hydrogen-bond acceptors (Lipinski definition) is 3. The average molecular weight is 792 g/mol. The summed E-state index contributed by atoms with van der Waals surface area (Å²) in [6, 6.07) is -0.639. The standard InChI is InChI=1S/C53H93NO3/c1-3-5-7-9-11-13-15-16-17-18-19-20-21-22-23-24-25-26-27-28-29-30-31-32-33-34-35-36-37-38-39-41-43-45-47-49-53(57)54-51(50-55)52(56)48-46-44-42-40-14-12-10-8-6-4-2/h5,7,11,13-14,16-17,19-20,22-23,40,46,48,51-52,55-56H,3-4,6,8-10,12,15,18,21,24-39,41-45,47,49-50H2,1-2H3,(H,54,57)/b7-5-,13-11-,17-16-,20-19-,23-22-,40-14+,48-46+. The zero-order valence-electron chi connectivity index (χ0n) is 37.6. The molecule has 0 heterocycles. The van der Waals surface area contributed by atoms with Gasteiger partial charge in [-0.05, 0) is 77.0 Å². The molecule has 0 spiro atoms. The molecule has 0 bridgehead atoms. The Morgan fingerprint density at radius 1 is 0.439 bits per heavy atom. The predicted molar refractivity (Wildman–Crippen MR) is 253 cm³/mol. The first kappa shape index (κ1) is 54.6. The smallest absolute Gasteiger partial charge is 0.220 e. The van der Waals surface area contributed by atoms with Crippen LogP contribution in [0.5, 0.6) is 0 Å². The van der Waals surface area contributed by atoms with E-state index in [0.717, 1.165) is 64.2 Å². The molecule has 0 aromatic rings. The molecule has 1 amide bonds. The minimum absolute atomic E-state index is 0.0769. The lowest BCUT2D eigenvalue weighted by Gasteiger charge is -2.19. The summed E-state index contributed by atoms with van der Waals surface area (Å²) >= 11 is 0. The van der Waals surface area contributed by atoms with Crippen LogP contribution in [0.3, 0.4) is 0 Å². The molecule has 2 atom stereocenters. The summed E-state index contributed by atoms with van der Waals surface area (Å²) in [6.07, 6.45) is 70.1. The van der Waals surface area contributed by atoms with Crippen molar-refractivity contribution >= 4 is 5.91 Å². The van der Waals surface area contributed by atoms with Crippen LogP contribution in [0, 0.1) is 0 Å². The Labute approximate surface area is 354 Å². The molecule has 57 heavy (non-hydrogen) atoms. The topological polar surface area (TPSA) is 69.6 Å². The van der Waals surface area contributed by atoms with Gasteiger partial charge in [0.15, 0.2) is 0 Å². The van der Waals surface area contributed by atoms with Crippen LogP contribution in [-0.4, -0.2) is 34.9 Å².